The maximum atomic E-state index is 11.6. The minimum absolute atomic E-state index is 0.0639. The van der Waals surface area contributed by atoms with E-state index < -0.39 is 0 Å². The number of nitrogens with one attached hydrogen (secondary N) is 2. The fourth-order valence-corrected chi connectivity index (χ4v) is 1.84. The minimum atomic E-state index is -0.287. The lowest BCUT2D eigenvalue weighted by molar-refractivity contribution is -0.119. The highest BCUT2D eigenvalue weighted by Crippen LogP contribution is 2.19. The molecule has 1 amide bonds. The number of benzene rings is 2. The summed E-state index contributed by atoms with van der Waals surface area (Å²) in [4.78, 5) is 11.6. The average Bonchev–Trinajstić information content (AvgIpc) is 2.55. The Morgan fingerprint density at radius 3 is 2.64 bits per heavy atom. The fourth-order valence-electron chi connectivity index (χ4n) is 1.64. The second-order valence-corrected chi connectivity index (χ2v) is 4.77. The number of nitrogens with zero attached hydrogens (tertiary/aromatic N) is 2. The lowest BCUT2D eigenvalue weighted by atomic mass is 10.2. The molecule has 0 fully saturated rings. The number of hydrogen-bond donors (Lipinski definition) is 2. The Morgan fingerprint density at radius 1 is 1.23 bits per heavy atom. The Balaban J connectivity index is 1.81. The number of para-hydroxylation sites is 1. The van der Waals surface area contributed by atoms with Crippen molar-refractivity contribution in [3.63, 3.8) is 0 Å². The summed E-state index contributed by atoms with van der Waals surface area (Å²) in [6.45, 7) is 0.0639. The van der Waals surface area contributed by atoms with Gasteiger partial charge in [0.1, 0.15) is 0 Å². The zero-order valence-corrected chi connectivity index (χ0v) is 12.3. The molecule has 0 unspecified atom stereocenters. The van der Waals surface area contributed by atoms with Crippen molar-refractivity contribution in [1.29, 1.82) is 5.26 Å². The van der Waals surface area contributed by atoms with E-state index in [1.165, 1.54) is 6.21 Å². The van der Waals surface area contributed by atoms with Gasteiger partial charge >= 0.3 is 0 Å². The predicted octanol–water partition coefficient (Wildman–Crippen LogP) is 2.77. The summed E-state index contributed by atoms with van der Waals surface area (Å²) in [5.74, 6) is -0.287. The van der Waals surface area contributed by atoms with Gasteiger partial charge in [0.25, 0.3) is 5.91 Å². The molecule has 0 aliphatic rings. The Bertz CT molecular complexity index is 720. The monoisotopic (exact) mass is 312 g/mol. The van der Waals surface area contributed by atoms with Gasteiger partial charge in [-0.3, -0.25) is 4.79 Å². The third-order valence-electron chi connectivity index (χ3n) is 2.76. The van der Waals surface area contributed by atoms with Gasteiger partial charge in [-0.2, -0.15) is 10.4 Å². The lowest BCUT2D eigenvalue weighted by Gasteiger charge is -2.06. The van der Waals surface area contributed by atoms with Gasteiger partial charge in [-0.05, 0) is 29.8 Å². The van der Waals surface area contributed by atoms with Crippen molar-refractivity contribution < 1.29 is 4.79 Å². The third kappa shape index (κ3) is 4.62. The van der Waals surface area contributed by atoms with Gasteiger partial charge in [0.15, 0.2) is 0 Å². The molecule has 6 heteroatoms. The molecule has 0 heterocycles. The fraction of sp³-hybridized carbons (Fsp3) is 0.0625. The molecule has 0 atom stereocenters. The van der Waals surface area contributed by atoms with E-state index in [0.29, 0.717) is 16.3 Å². The van der Waals surface area contributed by atoms with Gasteiger partial charge in [-0.1, -0.05) is 35.9 Å². The molecule has 2 aromatic rings. The van der Waals surface area contributed by atoms with Crippen LogP contribution >= 0.6 is 11.6 Å². The van der Waals surface area contributed by atoms with Crippen molar-refractivity contribution in [2.45, 2.75) is 0 Å². The van der Waals surface area contributed by atoms with E-state index in [1.807, 2.05) is 18.2 Å². The van der Waals surface area contributed by atoms with Gasteiger partial charge in [0, 0.05) is 0 Å². The van der Waals surface area contributed by atoms with Crippen LogP contribution in [-0.4, -0.2) is 18.7 Å². The molecule has 2 aromatic carbocycles. The zero-order valence-electron chi connectivity index (χ0n) is 11.6. The molecular weight excluding hydrogens is 300 g/mol. The summed E-state index contributed by atoms with van der Waals surface area (Å²) >= 11 is 5.97. The summed E-state index contributed by atoms with van der Waals surface area (Å²) in [7, 11) is 0. The number of nitriles is 1. The van der Waals surface area contributed by atoms with E-state index in [-0.39, 0.29) is 12.5 Å². The topological polar surface area (TPSA) is 77.3 Å². The zero-order chi connectivity index (χ0) is 15.8. The maximum Gasteiger partial charge on any atom is 0.259 e. The van der Waals surface area contributed by atoms with E-state index in [1.54, 1.807) is 36.4 Å². The highest BCUT2D eigenvalue weighted by atomic mass is 35.5. The van der Waals surface area contributed by atoms with E-state index in [4.69, 9.17) is 16.9 Å². The molecule has 0 bridgehead atoms. The normalized spacial score (nSPS) is 10.2. The molecule has 2 rings (SSSR count). The first-order chi connectivity index (χ1) is 10.7. The van der Waals surface area contributed by atoms with E-state index >= 15 is 0 Å². The standard InChI is InChI=1S/C16H13ClN4O/c17-14-3-1-2-4-15(14)19-11-16(22)21-20-10-13-7-5-12(9-18)6-8-13/h1-8,10,19H,11H2,(H,21,22). The van der Waals surface area contributed by atoms with Crippen molar-refractivity contribution >= 4 is 29.4 Å². The molecule has 0 aliphatic heterocycles. The van der Waals surface area contributed by atoms with Gasteiger partial charge in [-0.25, -0.2) is 5.43 Å². The number of anilines is 1. The SMILES string of the molecule is N#Cc1ccc(C=NNC(=O)CNc2ccccc2Cl)cc1. The number of hydrazone groups is 1. The molecular formula is C16H13ClN4O. The van der Waals surface area contributed by atoms with Crippen molar-refractivity contribution in [2.24, 2.45) is 5.10 Å². The number of hydrogen-bond acceptors (Lipinski definition) is 4. The summed E-state index contributed by atoms with van der Waals surface area (Å²) in [6, 6.07) is 16.1. The molecule has 0 aromatic heterocycles. The number of carbonyl (C=O) groups is 1. The van der Waals surface area contributed by atoms with Gasteiger partial charge < -0.3 is 5.32 Å². The summed E-state index contributed by atoms with van der Waals surface area (Å²) in [5, 5.41) is 16.0. The lowest BCUT2D eigenvalue weighted by Crippen LogP contribution is -2.25. The second-order valence-electron chi connectivity index (χ2n) is 4.36. The first kappa shape index (κ1) is 15.5. The first-order valence-corrected chi connectivity index (χ1v) is 6.87. The van der Waals surface area contributed by atoms with Crippen molar-refractivity contribution in [2.75, 3.05) is 11.9 Å². The molecule has 0 aliphatic carbocycles. The predicted molar refractivity (Wildman–Crippen MR) is 86.8 cm³/mol. The van der Waals surface area contributed by atoms with E-state index in [2.05, 4.69) is 15.8 Å². The number of amides is 1. The van der Waals surface area contributed by atoms with Crippen molar-refractivity contribution in [3.8, 4) is 6.07 Å². The van der Waals surface area contributed by atoms with E-state index in [0.717, 1.165) is 5.56 Å². The van der Waals surface area contributed by atoms with Gasteiger partial charge in [0.05, 0.1) is 35.1 Å². The van der Waals surface area contributed by atoms with Crippen LogP contribution in [0.1, 0.15) is 11.1 Å². The smallest absolute Gasteiger partial charge is 0.259 e. The van der Waals surface area contributed by atoms with Crippen molar-refractivity contribution in [3.05, 3.63) is 64.7 Å². The highest BCUT2D eigenvalue weighted by Gasteiger charge is 2.02. The number of rotatable bonds is 5. The number of carbonyl (C=O) groups excluding carboxylic acids is 1. The molecule has 110 valence electrons. The Hall–Kier alpha value is -2.84. The molecule has 0 spiro atoms. The van der Waals surface area contributed by atoms with Crippen LogP contribution in [0.5, 0.6) is 0 Å². The molecule has 0 saturated heterocycles. The Labute approximate surface area is 133 Å². The minimum Gasteiger partial charge on any atom is -0.375 e. The van der Waals surface area contributed by atoms with Crippen LogP contribution in [0.15, 0.2) is 53.6 Å². The third-order valence-corrected chi connectivity index (χ3v) is 3.09. The van der Waals surface area contributed by atoms with Crippen LogP contribution in [0.4, 0.5) is 5.69 Å². The largest absolute Gasteiger partial charge is 0.375 e. The van der Waals surface area contributed by atoms with Crippen LogP contribution in [-0.2, 0) is 4.79 Å². The van der Waals surface area contributed by atoms with Crippen molar-refractivity contribution in [1.82, 2.24) is 5.43 Å². The molecule has 5 nitrogen and oxygen atoms in total. The van der Waals surface area contributed by atoms with Crippen LogP contribution < -0.4 is 10.7 Å². The summed E-state index contributed by atoms with van der Waals surface area (Å²) in [5.41, 5.74) is 4.46. The summed E-state index contributed by atoms with van der Waals surface area (Å²) < 4.78 is 0. The quantitative estimate of drug-likeness (QED) is 0.658. The van der Waals surface area contributed by atoms with Gasteiger partial charge in [0.2, 0.25) is 0 Å². The van der Waals surface area contributed by atoms with Gasteiger partial charge in [-0.15, -0.1) is 0 Å². The van der Waals surface area contributed by atoms with Crippen LogP contribution in [0.25, 0.3) is 0 Å². The highest BCUT2D eigenvalue weighted by molar-refractivity contribution is 6.33. The Kier molecular flexibility index (Phi) is 5.52. The van der Waals surface area contributed by atoms with Crippen LogP contribution in [0, 0.1) is 11.3 Å². The van der Waals surface area contributed by atoms with Crippen LogP contribution in [0.2, 0.25) is 5.02 Å². The maximum absolute atomic E-state index is 11.6. The Morgan fingerprint density at radius 2 is 1.95 bits per heavy atom. The molecule has 2 N–H and O–H groups in total. The molecule has 22 heavy (non-hydrogen) atoms. The average molecular weight is 313 g/mol. The van der Waals surface area contributed by atoms with Crippen LogP contribution in [0.3, 0.4) is 0 Å². The molecule has 0 saturated carbocycles. The van der Waals surface area contributed by atoms with E-state index in [9.17, 15) is 4.79 Å². The first-order valence-electron chi connectivity index (χ1n) is 6.49. The second kappa shape index (κ2) is 7.81. The molecule has 0 radical (unpaired) electrons. The summed E-state index contributed by atoms with van der Waals surface area (Å²) in [6.07, 6.45) is 1.51. The number of halogens is 1.